The van der Waals surface area contributed by atoms with Gasteiger partial charge in [0.15, 0.2) is 5.78 Å². The van der Waals surface area contributed by atoms with Crippen molar-refractivity contribution in [2.75, 3.05) is 24.2 Å². The van der Waals surface area contributed by atoms with Crippen molar-refractivity contribution in [2.24, 2.45) is 0 Å². The summed E-state index contributed by atoms with van der Waals surface area (Å²) in [6.45, 7) is 1.21. The number of hydrogen-bond acceptors (Lipinski definition) is 5. The van der Waals surface area contributed by atoms with Crippen LogP contribution in [0.4, 0.5) is 10.5 Å². The van der Waals surface area contributed by atoms with Gasteiger partial charge < -0.3 is 5.32 Å². The summed E-state index contributed by atoms with van der Waals surface area (Å²) >= 11 is 0. The van der Waals surface area contributed by atoms with Crippen LogP contribution in [0, 0.1) is 0 Å². The molecule has 170 valence electrons. The molecule has 0 aliphatic carbocycles. The fourth-order valence-corrected chi connectivity index (χ4v) is 4.47. The van der Waals surface area contributed by atoms with Gasteiger partial charge in [-0.05, 0) is 47.5 Å². The number of nitrogens with one attached hydrogen (secondary N) is 1. The summed E-state index contributed by atoms with van der Waals surface area (Å²) in [5.41, 5.74) is 0.00922. The Morgan fingerprint density at radius 3 is 2.30 bits per heavy atom. The van der Waals surface area contributed by atoms with Crippen molar-refractivity contribution < 1.29 is 22.8 Å². The Balaban J connectivity index is 1.58. The lowest BCUT2D eigenvalue weighted by Gasteiger charge is -2.24. The monoisotopic (exact) mass is 465 g/mol. The number of benzene rings is 3. The first-order valence-electron chi connectivity index (χ1n) is 10.2. The van der Waals surface area contributed by atoms with Gasteiger partial charge in [-0.1, -0.05) is 42.5 Å². The first-order valence-corrected chi connectivity index (χ1v) is 12.1. The first-order chi connectivity index (χ1) is 15.5. The summed E-state index contributed by atoms with van der Waals surface area (Å²) in [4.78, 5) is 39.8. The van der Waals surface area contributed by atoms with Crippen LogP contribution in [-0.4, -0.2) is 50.9 Å². The van der Waals surface area contributed by atoms with Crippen molar-refractivity contribution in [1.82, 2.24) is 10.2 Å². The van der Waals surface area contributed by atoms with Crippen LogP contribution in [0.15, 0.2) is 66.7 Å². The molecule has 3 aromatic carbocycles. The van der Waals surface area contributed by atoms with Gasteiger partial charge in [0.2, 0.25) is 10.0 Å². The highest BCUT2D eigenvalue weighted by molar-refractivity contribution is 7.92. The molecule has 8 nitrogen and oxygen atoms in total. The number of sulfonamides is 1. The minimum atomic E-state index is -3.43. The number of hydrogen-bond donors (Lipinski definition) is 1. The number of carbonyl (C=O) groups is 3. The molecule has 0 spiro atoms. The number of ketones is 1. The van der Waals surface area contributed by atoms with Crippen LogP contribution in [0.5, 0.6) is 0 Å². The Hall–Kier alpha value is -3.72. The number of imide groups is 1. The van der Waals surface area contributed by atoms with Gasteiger partial charge in [0.1, 0.15) is 5.54 Å². The van der Waals surface area contributed by atoms with E-state index in [0.717, 1.165) is 26.2 Å². The number of rotatable bonds is 6. The molecule has 1 unspecified atom stereocenters. The molecule has 1 fully saturated rings. The molecular weight excluding hydrogens is 442 g/mol. The number of amides is 3. The molecule has 1 N–H and O–H groups in total. The summed E-state index contributed by atoms with van der Waals surface area (Å²) in [6, 6.07) is 18.4. The van der Waals surface area contributed by atoms with E-state index in [4.69, 9.17) is 0 Å². The summed E-state index contributed by atoms with van der Waals surface area (Å²) < 4.78 is 24.5. The molecule has 0 bridgehead atoms. The molecule has 3 amide bonds. The fourth-order valence-electron chi connectivity index (χ4n) is 3.97. The van der Waals surface area contributed by atoms with Gasteiger partial charge in [-0.2, -0.15) is 0 Å². The third-order valence-electron chi connectivity index (χ3n) is 5.96. The molecule has 9 heteroatoms. The van der Waals surface area contributed by atoms with E-state index in [0.29, 0.717) is 11.3 Å². The molecular formula is C24H23N3O5S. The Kier molecular flexibility index (Phi) is 5.45. The summed E-state index contributed by atoms with van der Waals surface area (Å²) in [7, 11) is -2.02. The SMILES string of the molecule is CN(c1ccc(C(=O)CN2C(=O)NC(C)(c3cccc4ccccc34)C2=O)cc1)S(C)(=O)=O. The van der Waals surface area contributed by atoms with E-state index in [1.54, 1.807) is 13.0 Å². The molecule has 0 aromatic heterocycles. The summed E-state index contributed by atoms with van der Waals surface area (Å²) in [5.74, 6) is -0.945. The number of Topliss-reactive ketones (excluding diaryl/α,β-unsaturated/α-hetero) is 1. The maximum absolute atomic E-state index is 13.3. The molecule has 33 heavy (non-hydrogen) atoms. The molecule has 0 radical (unpaired) electrons. The van der Waals surface area contributed by atoms with Gasteiger partial charge in [0.25, 0.3) is 5.91 Å². The molecule has 4 rings (SSSR count). The van der Waals surface area contributed by atoms with Crippen molar-refractivity contribution in [3.05, 3.63) is 77.9 Å². The molecule has 1 heterocycles. The number of anilines is 1. The zero-order chi connectivity index (χ0) is 24.0. The lowest BCUT2D eigenvalue weighted by molar-refractivity contribution is -0.130. The second kappa shape index (κ2) is 8.00. The Morgan fingerprint density at radius 2 is 1.64 bits per heavy atom. The third-order valence-corrected chi connectivity index (χ3v) is 7.16. The zero-order valence-electron chi connectivity index (χ0n) is 18.4. The van der Waals surface area contributed by atoms with E-state index >= 15 is 0 Å². The third kappa shape index (κ3) is 3.95. The standard InChI is InChI=1S/C24H23N3O5S/c1-24(20-10-6-8-16-7-4-5-9-19(16)20)22(29)27(23(30)25-24)15-21(28)17-11-13-18(14-12-17)26(2)33(3,31)32/h4-14H,15H2,1-3H3,(H,25,30). The van der Waals surface area contributed by atoms with Crippen molar-refractivity contribution in [3.8, 4) is 0 Å². The Morgan fingerprint density at radius 1 is 1.00 bits per heavy atom. The van der Waals surface area contributed by atoms with E-state index in [1.165, 1.54) is 31.3 Å². The van der Waals surface area contributed by atoms with Crippen LogP contribution in [0.3, 0.4) is 0 Å². The van der Waals surface area contributed by atoms with Crippen LogP contribution in [0.25, 0.3) is 10.8 Å². The highest BCUT2D eigenvalue weighted by atomic mass is 32.2. The lowest BCUT2D eigenvalue weighted by atomic mass is 9.88. The largest absolute Gasteiger partial charge is 0.325 e. The Bertz CT molecular complexity index is 1380. The van der Waals surface area contributed by atoms with Crippen molar-refractivity contribution in [1.29, 1.82) is 0 Å². The van der Waals surface area contributed by atoms with E-state index < -0.39 is 39.8 Å². The fraction of sp³-hybridized carbons (Fsp3) is 0.208. The van der Waals surface area contributed by atoms with Crippen LogP contribution in [-0.2, 0) is 20.4 Å². The predicted octanol–water partition coefficient (Wildman–Crippen LogP) is 2.89. The number of nitrogens with zero attached hydrogens (tertiary/aromatic N) is 2. The van der Waals surface area contributed by atoms with Gasteiger partial charge >= 0.3 is 6.03 Å². The molecule has 1 atom stereocenters. The van der Waals surface area contributed by atoms with Gasteiger partial charge in [0.05, 0.1) is 18.5 Å². The minimum Gasteiger partial charge on any atom is -0.319 e. The molecule has 1 aliphatic heterocycles. The van der Waals surface area contributed by atoms with Gasteiger partial charge in [-0.15, -0.1) is 0 Å². The van der Waals surface area contributed by atoms with E-state index in [2.05, 4.69) is 5.32 Å². The zero-order valence-corrected chi connectivity index (χ0v) is 19.2. The number of fused-ring (bicyclic) bond motifs is 1. The first kappa shape index (κ1) is 22.5. The van der Waals surface area contributed by atoms with Crippen LogP contribution >= 0.6 is 0 Å². The number of urea groups is 1. The molecule has 1 aliphatic rings. The quantitative estimate of drug-likeness (QED) is 0.445. The molecule has 3 aromatic rings. The molecule has 1 saturated heterocycles. The second-order valence-electron chi connectivity index (χ2n) is 8.17. The summed E-state index contributed by atoms with van der Waals surface area (Å²) in [6.07, 6.45) is 1.08. The van der Waals surface area contributed by atoms with Crippen LogP contribution < -0.4 is 9.62 Å². The second-order valence-corrected chi connectivity index (χ2v) is 10.2. The summed E-state index contributed by atoms with van der Waals surface area (Å²) in [5, 5.41) is 4.53. The van der Waals surface area contributed by atoms with Crippen molar-refractivity contribution in [2.45, 2.75) is 12.5 Å². The van der Waals surface area contributed by atoms with Crippen molar-refractivity contribution >= 4 is 44.2 Å². The highest BCUT2D eigenvalue weighted by Gasteiger charge is 2.50. The lowest BCUT2D eigenvalue weighted by Crippen LogP contribution is -2.41. The van der Waals surface area contributed by atoms with Crippen LogP contribution in [0.1, 0.15) is 22.8 Å². The van der Waals surface area contributed by atoms with Gasteiger partial charge in [-0.3, -0.25) is 18.8 Å². The van der Waals surface area contributed by atoms with Gasteiger partial charge in [0, 0.05) is 12.6 Å². The van der Waals surface area contributed by atoms with Gasteiger partial charge in [-0.25, -0.2) is 13.2 Å². The normalized spacial score (nSPS) is 18.5. The predicted molar refractivity (Wildman–Crippen MR) is 126 cm³/mol. The van der Waals surface area contributed by atoms with E-state index in [-0.39, 0.29) is 5.56 Å². The maximum atomic E-state index is 13.3. The minimum absolute atomic E-state index is 0.264. The average molecular weight is 466 g/mol. The molecule has 0 saturated carbocycles. The highest BCUT2D eigenvalue weighted by Crippen LogP contribution is 2.34. The Labute approximate surface area is 191 Å². The average Bonchev–Trinajstić information content (AvgIpc) is 3.01. The van der Waals surface area contributed by atoms with Crippen LogP contribution in [0.2, 0.25) is 0 Å². The van der Waals surface area contributed by atoms with Crippen molar-refractivity contribution in [3.63, 3.8) is 0 Å². The topological polar surface area (TPSA) is 104 Å². The smallest absolute Gasteiger partial charge is 0.319 e. The van der Waals surface area contributed by atoms with E-state index in [9.17, 15) is 22.8 Å². The van der Waals surface area contributed by atoms with E-state index in [1.807, 2.05) is 36.4 Å². The maximum Gasteiger partial charge on any atom is 0.325 e. The number of carbonyl (C=O) groups excluding carboxylic acids is 3.